The summed E-state index contributed by atoms with van der Waals surface area (Å²) in [6, 6.07) is 6.82. The lowest BCUT2D eigenvalue weighted by molar-refractivity contribution is 0.0911. The monoisotopic (exact) mass is 381 g/mol. The Morgan fingerprint density at radius 3 is 2.48 bits per heavy atom. The molecular weight excluding hydrogens is 362 g/mol. The molecule has 0 aliphatic heterocycles. The van der Waals surface area contributed by atoms with Crippen molar-refractivity contribution in [3.63, 3.8) is 0 Å². The maximum atomic E-state index is 12.1. The molecule has 1 atom stereocenters. The molecule has 124 valence electrons. The van der Waals surface area contributed by atoms with E-state index in [0.29, 0.717) is 24.7 Å². The van der Waals surface area contributed by atoms with E-state index in [2.05, 4.69) is 21.2 Å². The van der Waals surface area contributed by atoms with Crippen LogP contribution in [0.1, 0.15) is 42.9 Å². The van der Waals surface area contributed by atoms with Crippen molar-refractivity contribution in [3.05, 3.63) is 46.3 Å². The van der Waals surface area contributed by atoms with Crippen LogP contribution < -0.4 is 14.8 Å². The topological polar surface area (TPSA) is 60.7 Å². The number of nitrogens with one attached hydrogen (secondary N) is 1. The minimum Gasteiger partial charge on any atom is -0.490 e. The van der Waals surface area contributed by atoms with E-state index in [-0.39, 0.29) is 17.7 Å². The van der Waals surface area contributed by atoms with Gasteiger partial charge in [-0.05, 0) is 50.6 Å². The zero-order chi connectivity index (χ0) is 16.8. The minimum absolute atomic E-state index is 0.225. The fourth-order valence-electron chi connectivity index (χ4n) is 2.17. The van der Waals surface area contributed by atoms with Crippen molar-refractivity contribution >= 4 is 21.8 Å². The van der Waals surface area contributed by atoms with Crippen LogP contribution in [0.15, 0.2) is 39.4 Å². The third-order valence-electron chi connectivity index (χ3n) is 3.22. The molecule has 0 bridgehead atoms. The minimum atomic E-state index is -0.263. The molecule has 1 aromatic heterocycles. The zero-order valence-corrected chi connectivity index (χ0v) is 15.0. The summed E-state index contributed by atoms with van der Waals surface area (Å²) in [6.07, 6.45) is 1.47. The van der Waals surface area contributed by atoms with E-state index in [0.717, 1.165) is 10.0 Å². The number of halogens is 1. The second kappa shape index (κ2) is 8.06. The first kappa shape index (κ1) is 17.4. The highest BCUT2D eigenvalue weighted by Crippen LogP contribution is 2.36. The largest absolute Gasteiger partial charge is 0.490 e. The number of carbonyl (C=O) groups is 1. The molecule has 2 aromatic rings. The molecule has 0 aliphatic carbocycles. The van der Waals surface area contributed by atoms with Crippen LogP contribution >= 0.6 is 15.9 Å². The fourth-order valence-corrected chi connectivity index (χ4v) is 2.84. The van der Waals surface area contributed by atoms with E-state index in [9.17, 15) is 4.79 Å². The van der Waals surface area contributed by atoms with Gasteiger partial charge >= 0.3 is 0 Å². The van der Waals surface area contributed by atoms with Gasteiger partial charge in [-0.25, -0.2) is 0 Å². The van der Waals surface area contributed by atoms with Gasteiger partial charge in [0.1, 0.15) is 0 Å². The summed E-state index contributed by atoms with van der Waals surface area (Å²) in [5.41, 5.74) is 0.900. The van der Waals surface area contributed by atoms with E-state index < -0.39 is 0 Å². The molecular formula is C17H20BrNO4. The van der Waals surface area contributed by atoms with Crippen molar-refractivity contribution in [2.24, 2.45) is 0 Å². The average Bonchev–Trinajstić information content (AvgIpc) is 3.04. The van der Waals surface area contributed by atoms with Crippen LogP contribution in [0.2, 0.25) is 0 Å². The number of hydrogen-bond donors (Lipinski definition) is 1. The second-order valence-electron chi connectivity index (χ2n) is 4.86. The van der Waals surface area contributed by atoms with E-state index in [1.165, 1.54) is 6.26 Å². The number of benzene rings is 1. The van der Waals surface area contributed by atoms with Crippen LogP contribution in [0.4, 0.5) is 0 Å². The van der Waals surface area contributed by atoms with Gasteiger partial charge in [0, 0.05) is 4.47 Å². The van der Waals surface area contributed by atoms with E-state index in [1.807, 2.05) is 32.9 Å². The first-order valence-electron chi connectivity index (χ1n) is 7.50. The summed E-state index contributed by atoms with van der Waals surface area (Å²) in [6.45, 7) is 6.82. The Bertz CT molecular complexity index is 655. The Labute approximate surface area is 144 Å². The molecule has 0 aliphatic rings. The maximum Gasteiger partial charge on any atom is 0.287 e. The average molecular weight is 382 g/mol. The van der Waals surface area contributed by atoms with Gasteiger partial charge in [0.15, 0.2) is 17.3 Å². The highest BCUT2D eigenvalue weighted by molar-refractivity contribution is 9.10. The van der Waals surface area contributed by atoms with Crippen molar-refractivity contribution < 1.29 is 18.7 Å². The molecule has 0 fully saturated rings. The predicted molar refractivity (Wildman–Crippen MR) is 91.1 cm³/mol. The lowest BCUT2D eigenvalue weighted by Crippen LogP contribution is -2.26. The molecule has 1 N–H and O–H groups in total. The number of amides is 1. The lowest BCUT2D eigenvalue weighted by atomic mass is 10.1. The molecule has 5 nitrogen and oxygen atoms in total. The Morgan fingerprint density at radius 1 is 1.26 bits per heavy atom. The molecule has 6 heteroatoms. The first-order valence-corrected chi connectivity index (χ1v) is 8.29. The number of carbonyl (C=O) groups excluding carboxylic acids is 1. The molecule has 1 unspecified atom stereocenters. The molecule has 0 saturated carbocycles. The van der Waals surface area contributed by atoms with Crippen LogP contribution in [0.5, 0.6) is 11.5 Å². The van der Waals surface area contributed by atoms with E-state index in [4.69, 9.17) is 13.9 Å². The summed E-state index contributed by atoms with van der Waals surface area (Å²) in [5.74, 6) is 1.35. The number of rotatable bonds is 7. The van der Waals surface area contributed by atoms with Gasteiger partial charge < -0.3 is 19.2 Å². The predicted octanol–water partition coefficient (Wildman–Crippen LogP) is 4.33. The SMILES string of the molecule is CCOc1cc(Br)c(C(C)NC(=O)c2ccco2)cc1OCC. The van der Waals surface area contributed by atoms with Gasteiger partial charge in [-0.2, -0.15) is 0 Å². The first-order chi connectivity index (χ1) is 11.1. The maximum absolute atomic E-state index is 12.1. The smallest absolute Gasteiger partial charge is 0.287 e. The number of hydrogen-bond acceptors (Lipinski definition) is 4. The summed E-state index contributed by atoms with van der Waals surface area (Å²) in [4.78, 5) is 12.1. The molecule has 1 amide bonds. The van der Waals surface area contributed by atoms with Crippen molar-refractivity contribution in [1.82, 2.24) is 5.32 Å². The summed E-state index contributed by atoms with van der Waals surface area (Å²) in [5, 5.41) is 2.90. The molecule has 1 aromatic carbocycles. The van der Waals surface area contributed by atoms with Crippen molar-refractivity contribution in [1.29, 1.82) is 0 Å². The molecule has 1 heterocycles. The molecule has 23 heavy (non-hydrogen) atoms. The van der Waals surface area contributed by atoms with Crippen LogP contribution in [-0.2, 0) is 0 Å². The van der Waals surface area contributed by atoms with Crippen LogP contribution in [0.25, 0.3) is 0 Å². The summed E-state index contributed by atoms with van der Waals surface area (Å²) < 4.78 is 17.2. The van der Waals surface area contributed by atoms with Crippen molar-refractivity contribution in [2.45, 2.75) is 26.8 Å². The quantitative estimate of drug-likeness (QED) is 0.774. The number of furan rings is 1. The van der Waals surface area contributed by atoms with Gasteiger partial charge in [0.25, 0.3) is 5.91 Å². The van der Waals surface area contributed by atoms with Gasteiger partial charge in [0.2, 0.25) is 0 Å². The zero-order valence-electron chi connectivity index (χ0n) is 13.4. The lowest BCUT2D eigenvalue weighted by Gasteiger charge is -2.19. The fraction of sp³-hybridized carbons (Fsp3) is 0.353. The summed E-state index contributed by atoms with van der Waals surface area (Å²) >= 11 is 3.53. The molecule has 0 radical (unpaired) electrons. The Balaban J connectivity index is 2.23. The highest BCUT2D eigenvalue weighted by atomic mass is 79.9. The molecule has 0 saturated heterocycles. The van der Waals surface area contributed by atoms with E-state index >= 15 is 0 Å². The van der Waals surface area contributed by atoms with Crippen LogP contribution in [0.3, 0.4) is 0 Å². The summed E-state index contributed by atoms with van der Waals surface area (Å²) in [7, 11) is 0. The Kier molecular flexibility index (Phi) is 6.10. The Hall–Kier alpha value is -1.95. The van der Waals surface area contributed by atoms with Gasteiger partial charge in [0.05, 0.1) is 25.5 Å². The highest BCUT2D eigenvalue weighted by Gasteiger charge is 2.18. The van der Waals surface area contributed by atoms with Gasteiger partial charge in [-0.3, -0.25) is 4.79 Å². The van der Waals surface area contributed by atoms with Gasteiger partial charge in [-0.1, -0.05) is 15.9 Å². The van der Waals surface area contributed by atoms with Gasteiger partial charge in [-0.15, -0.1) is 0 Å². The normalized spacial score (nSPS) is 11.8. The van der Waals surface area contributed by atoms with Crippen molar-refractivity contribution in [2.75, 3.05) is 13.2 Å². The Morgan fingerprint density at radius 2 is 1.91 bits per heavy atom. The molecule has 2 rings (SSSR count). The van der Waals surface area contributed by atoms with E-state index in [1.54, 1.807) is 12.1 Å². The second-order valence-corrected chi connectivity index (χ2v) is 5.71. The standard InChI is InChI=1S/C17H20BrNO4/c1-4-21-15-9-12(13(18)10-16(15)22-5-2)11(3)19-17(20)14-7-6-8-23-14/h6-11H,4-5H2,1-3H3,(H,19,20). The van der Waals surface area contributed by atoms with Crippen LogP contribution in [0, 0.1) is 0 Å². The third-order valence-corrected chi connectivity index (χ3v) is 3.91. The van der Waals surface area contributed by atoms with Crippen molar-refractivity contribution in [3.8, 4) is 11.5 Å². The molecule has 0 spiro atoms. The number of ether oxygens (including phenoxy) is 2. The van der Waals surface area contributed by atoms with Crippen LogP contribution in [-0.4, -0.2) is 19.1 Å². The third kappa shape index (κ3) is 4.28.